The molecule has 0 unspecified atom stereocenters. The standard InChI is InChI=1S/C14H13ClN2O/c1-8-12(16-9(2)17-14(8)15)11-5-3-4-10-6-7-18-13(10)11/h3-5H,6-7H2,1-2H3. The molecule has 0 fully saturated rings. The highest BCUT2D eigenvalue weighted by Gasteiger charge is 2.20. The van der Waals surface area contributed by atoms with E-state index in [0.29, 0.717) is 11.0 Å². The smallest absolute Gasteiger partial charge is 0.136 e. The predicted molar refractivity (Wildman–Crippen MR) is 71.2 cm³/mol. The fourth-order valence-corrected chi connectivity index (χ4v) is 2.47. The van der Waals surface area contributed by atoms with E-state index in [4.69, 9.17) is 16.3 Å². The Hall–Kier alpha value is -1.61. The van der Waals surface area contributed by atoms with Gasteiger partial charge in [-0.1, -0.05) is 23.7 Å². The summed E-state index contributed by atoms with van der Waals surface area (Å²) in [5.41, 5.74) is 4.01. The molecule has 0 aliphatic carbocycles. The van der Waals surface area contributed by atoms with Crippen molar-refractivity contribution in [3.8, 4) is 17.0 Å². The molecule has 0 N–H and O–H groups in total. The molecule has 4 heteroatoms. The van der Waals surface area contributed by atoms with Crippen molar-refractivity contribution in [2.24, 2.45) is 0 Å². The number of aromatic nitrogens is 2. The molecule has 0 radical (unpaired) electrons. The van der Waals surface area contributed by atoms with Crippen LogP contribution in [0.15, 0.2) is 18.2 Å². The Bertz CT molecular complexity index is 625. The Balaban J connectivity index is 2.25. The largest absolute Gasteiger partial charge is 0.492 e. The third-order valence-corrected chi connectivity index (χ3v) is 3.54. The number of para-hydroxylation sites is 1. The average molecular weight is 261 g/mol. The lowest BCUT2D eigenvalue weighted by molar-refractivity contribution is 0.358. The van der Waals surface area contributed by atoms with Crippen molar-refractivity contribution in [2.75, 3.05) is 6.61 Å². The lowest BCUT2D eigenvalue weighted by atomic mass is 10.0. The fourth-order valence-electron chi connectivity index (χ4n) is 2.26. The summed E-state index contributed by atoms with van der Waals surface area (Å²) in [6.07, 6.45) is 0.958. The summed E-state index contributed by atoms with van der Waals surface area (Å²) in [6.45, 7) is 4.52. The van der Waals surface area contributed by atoms with Gasteiger partial charge in [0.15, 0.2) is 0 Å². The van der Waals surface area contributed by atoms with E-state index in [0.717, 1.165) is 35.6 Å². The van der Waals surface area contributed by atoms with Crippen molar-refractivity contribution in [1.82, 2.24) is 9.97 Å². The second-order valence-electron chi connectivity index (χ2n) is 4.43. The summed E-state index contributed by atoms with van der Waals surface area (Å²) in [4.78, 5) is 8.67. The first-order valence-electron chi connectivity index (χ1n) is 5.92. The van der Waals surface area contributed by atoms with Crippen molar-refractivity contribution >= 4 is 11.6 Å². The van der Waals surface area contributed by atoms with E-state index in [2.05, 4.69) is 16.0 Å². The van der Waals surface area contributed by atoms with Crippen molar-refractivity contribution in [3.05, 3.63) is 40.3 Å². The molecule has 1 aromatic carbocycles. The van der Waals surface area contributed by atoms with Gasteiger partial charge in [-0.2, -0.15) is 0 Å². The molecule has 0 atom stereocenters. The minimum Gasteiger partial charge on any atom is -0.492 e. The highest BCUT2D eigenvalue weighted by atomic mass is 35.5. The summed E-state index contributed by atoms with van der Waals surface area (Å²) in [7, 11) is 0. The Morgan fingerprint density at radius 3 is 2.89 bits per heavy atom. The van der Waals surface area contributed by atoms with Crippen LogP contribution in [0.25, 0.3) is 11.3 Å². The maximum absolute atomic E-state index is 6.13. The van der Waals surface area contributed by atoms with Crippen LogP contribution in [0, 0.1) is 13.8 Å². The average Bonchev–Trinajstić information content (AvgIpc) is 2.81. The molecule has 1 aromatic heterocycles. The Kier molecular flexibility index (Phi) is 2.71. The highest BCUT2D eigenvalue weighted by Crippen LogP contribution is 2.38. The van der Waals surface area contributed by atoms with E-state index >= 15 is 0 Å². The molecule has 92 valence electrons. The molecule has 2 heterocycles. The zero-order chi connectivity index (χ0) is 12.7. The van der Waals surface area contributed by atoms with Gasteiger partial charge in [0.05, 0.1) is 12.3 Å². The SMILES string of the molecule is Cc1nc(Cl)c(C)c(-c2cccc3c2OCC3)n1. The molecule has 1 aliphatic rings. The maximum Gasteiger partial charge on any atom is 0.136 e. The number of rotatable bonds is 1. The highest BCUT2D eigenvalue weighted by molar-refractivity contribution is 6.30. The van der Waals surface area contributed by atoms with Gasteiger partial charge in [0, 0.05) is 17.5 Å². The quantitative estimate of drug-likeness (QED) is 0.738. The maximum atomic E-state index is 6.13. The van der Waals surface area contributed by atoms with Crippen LogP contribution in [0.4, 0.5) is 0 Å². The third-order valence-electron chi connectivity index (χ3n) is 3.17. The number of ether oxygens (including phenoxy) is 1. The Morgan fingerprint density at radius 2 is 2.06 bits per heavy atom. The van der Waals surface area contributed by atoms with Crippen LogP contribution in [0.3, 0.4) is 0 Å². The number of hydrogen-bond acceptors (Lipinski definition) is 3. The Morgan fingerprint density at radius 1 is 1.22 bits per heavy atom. The fraction of sp³-hybridized carbons (Fsp3) is 0.286. The van der Waals surface area contributed by atoms with Gasteiger partial charge in [-0.15, -0.1) is 0 Å². The number of hydrogen-bond donors (Lipinski definition) is 0. The topological polar surface area (TPSA) is 35.0 Å². The molecular weight excluding hydrogens is 248 g/mol. The molecule has 18 heavy (non-hydrogen) atoms. The molecule has 1 aliphatic heterocycles. The van der Waals surface area contributed by atoms with Crippen LogP contribution >= 0.6 is 11.6 Å². The van der Waals surface area contributed by atoms with Gasteiger partial charge in [0.25, 0.3) is 0 Å². The molecule has 0 amide bonds. The predicted octanol–water partition coefficient (Wildman–Crippen LogP) is 3.35. The molecular formula is C14H13ClN2O. The second-order valence-corrected chi connectivity index (χ2v) is 4.79. The zero-order valence-corrected chi connectivity index (χ0v) is 11.1. The number of halogens is 1. The van der Waals surface area contributed by atoms with Crippen LogP contribution < -0.4 is 4.74 Å². The van der Waals surface area contributed by atoms with Gasteiger partial charge in [0.2, 0.25) is 0 Å². The first kappa shape index (κ1) is 11.5. The van der Waals surface area contributed by atoms with Gasteiger partial charge < -0.3 is 4.74 Å². The molecule has 0 spiro atoms. The molecule has 0 bridgehead atoms. The molecule has 3 rings (SSSR count). The molecule has 0 saturated carbocycles. The first-order valence-corrected chi connectivity index (χ1v) is 6.30. The summed E-state index contributed by atoms with van der Waals surface area (Å²) in [5, 5.41) is 0.508. The monoisotopic (exact) mass is 260 g/mol. The van der Waals surface area contributed by atoms with Crippen LogP contribution in [-0.4, -0.2) is 16.6 Å². The number of nitrogens with zero attached hydrogens (tertiary/aromatic N) is 2. The van der Waals surface area contributed by atoms with Gasteiger partial charge in [-0.25, -0.2) is 9.97 Å². The van der Waals surface area contributed by atoms with E-state index in [1.54, 1.807) is 0 Å². The molecule has 3 nitrogen and oxygen atoms in total. The van der Waals surface area contributed by atoms with Crippen molar-refractivity contribution < 1.29 is 4.74 Å². The summed E-state index contributed by atoms with van der Waals surface area (Å²) < 4.78 is 5.72. The van der Waals surface area contributed by atoms with Gasteiger partial charge in [0.1, 0.15) is 16.7 Å². The zero-order valence-electron chi connectivity index (χ0n) is 10.3. The third kappa shape index (κ3) is 1.75. The van der Waals surface area contributed by atoms with E-state index in [1.165, 1.54) is 5.56 Å². The first-order chi connectivity index (χ1) is 8.66. The van der Waals surface area contributed by atoms with Crippen molar-refractivity contribution in [1.29, 1.82) is 0 Å². The van der Waals surface area contributed by atoms with E-state index in [1.807, 2.05) is 26.0 Å². The normalized spacial score (nSPS) is 13.3. The van der Waals surface area contributed by atoms with E-state index in [9.17, 15) is 0 Å². The number of aryl methyl sites for hydroxylation is 1. The number of fused-ring (bicyclic) bond motifs is 1. The summed E-state index contributed by atoms with van der Waals surface area (Å²) in [6, 6.07) is 6.15. The van der Waals surface area contributed by atoms with Gasteiger partial charge in [-0.05, 0) is 25.5 Å². The van der Waals surface area contributed by atoms with Crippen LogP contribution in [0.2, 0.25) is 5.15 Å². The lowest BCUT2D eigenvalue weighted by Crippen LogP contribution is -1.98. The molecule has 0 saturated heterocycles. The summed E-state index contributed by atoms with van der Waals surface area (Å²) >= 11 is 6.13. The second kappa shape index (κ2) is 4.25. The van der Waals surface area contributed by atoms with Crippen LogP contribution in [0.1, 0.15) is 17.0 Å². The number of benzene rings is 1. The van der Waals surface area contributed by atoms with Gasteiger partial charge >= 0.3 is 0 Å². The van der Waals surface area contributed by atoms with E-state index < -0.39 is 0 Å². The van der Waals surface area contributed by atoms with Crippen molar-refractivity contribution in [3.63, 3.8) is 0 Å². The summed E-state index contributed by atoms with van der Waals surface area (Å²) in [5.74, 6) is 1.62. The molecule has 2 aromatic rings. The lowest BCUT2D eigenvalue weighted by Gasteiger charge is -2.11. The van der Waals surface area contributed by atoms with Crippen LogP contribution in [0.5, 0.6) is 5.75 Å². The Labute approximate surface area is 111 Å². The van der Waals surface area contributed by atoms with E-state index in [-0.39, 0.29) is 0 Å². The minimum atomic E-state index is 0.508. The van der Waals surface area contributed by atoms with Crippen molar-refractivity contribution in [2.45, 2.75) is 20.3 Å². The van der Waals surface area contributed by atoms with Gasteiger partial charge in [-0.3, -0.25) is 0 Å². The van der Waals surface area contributed by atoms with Crippen LogP contribution in [-0.2, 0) is 6.42 Å². The minimum absolute atomic E-state index is 0.508.